The van der Waals surface area contributed by atoms with Gasteiger partial charge in [-0.15, -0.1) is 0 Å². The van der Waals surface area contributed by atoms with E-state index in [1.54, 1.807) is 42.2 Å². The summed E-state index contributed by atoms with van der Waals surface area (Å²) >= 11 is 0. The summed E-state index contributed by atoms with van der Waals surface area (Å²) in [5.74, 6) is -1.32. The topological polar surface area (TPSA) is 60.2 Å². The summed E-state index contributed by atoms with van der Waals surface area (Å²) in [5.41, 5.74) is -0.635. The van der Waals surface area contributed by atoms with Crippen LogP contribution in [0.25, 0.3) is 5.69 Å². The molecule has 0 aliphatic carbocycles. The Morgan fingerprint density at radius 3 is 2.61 bits per heavy atom. The van der Waals surface area contributed by atoms with Crippen molar-refractivity contribution in [3.63, 3.8) is 0 Å². The molecule has 31 heavy (non-hydrogen) atoms. The zero-order valence-electron chi connectivity index (χ0n) is 16.4. The minimum Gasteiger partial charge on any atom is -0.438 e. The first kappa shape index (κ1) is 20.8. The van der Waals surface area contributed by atoms with Crippen molar-refractivity contribution in [2.45, 2.75) is 32.2 Å². The van der Waals surface area contributed by atoms with Crippen LogP contribution in [0.5, 0.6) is 0 Å². The van der Waals surface area contributed by atoms with Gasteiger partial charge in [-0.2, -0.15) is 22.7 Å². The monoisotopic (exact) mass is 434 g/mol. The van der Waals surface area contributed by atoms with Crippen LogP contribution < -0.4 is 4.90 Å². The summed E-state index contributed by atoms with van der Waals surface area (Å²) in [7, 11) is 0. The van der Waals surface area contributed by atoms with E-state index in [1.165, 1.54) is 6.07 Å². The van der Waals surface area contributed by atoms with E-state index in [0.717, 1.165) is 16.9 Å². The quantitative estimate of drug-likeness (QED) is 0.347. The van der Waals surface area contributed by atoms with Gasteiger partial charge in [-0.1, -0.05) is 18.2 Å². The van der Waals surface area contributed by atoms with E-state index >= 15 is 0 Å². The minimum absolute atomic E-state index is 0.0152. The van der Waals surface area contributed by atoms with Gasteiger partial charge in [0.15, 0.2) is 11.9 Å². The van der Waals surface area contributed by atoms with E-state index in [9.17, 15) is 22.4 Å². The maximum Gasteiger partial charge on any atom is 0.435 e. The first-order chi connectivity index (χ1) is 14.8. The van der Waals surface area contributed by atoms with Crippen molar-refractivity contribution >= 4 is 11.8 Å². The number of hydrogen-bond donors (Lipinski definition) is 0. The van der Waals surface area contributed by atoms with E-state index in [2.05, 4.69) is 10.1 Å². The van der Waals surface area contributed by atoms with Gasteiger partial charge in [-0.3, -0.25) is 0 Å². The molecule has 1 aliphatic heterocycles. The van der Waals surface area contributed by atoms with Crippen molar-refractivity contribution in [3.05, 3.63) is 71.4 Å². The lowest BCUT2D eigenvalue weighted by molar-refractivity contribution is -0.142. The molecule has 1 aromatic carbocycles. The Balaban J connectivity index is 1.75. The molecule has 0 saturated heterocycles. The third kappa shape index (κ3) is 4.10. The molecule has 0 bridgehead atoms. The SMILES string of the molecule is CC(OC(=O)c1ccccc1)N1CCCc2c(C(F)(F)F)nn(-c3ccnc(F)c3)c21. The number of pyridine rings is 1. The van der Waals surface area contributed by atoms with Crippen LogP contribution in [-0.2, 0) is 17.3 Å². The molecular formula is C21H18F4N4O2. The van der Waals surface area contributed by atoms with Crippen molar-refractivity contribution in [2.24, 2.45) is 0 Å². The third-order valence-electron chi connectivity index (χ3n) is 5.00. The predicted molar refractivity (Wildman–Crippen MR) is 103 cm³/mol. The number of carbonyl (C=O) groups excluding carboxylic acids is 1. The number of rotatable bonds is 4. The van der Waals surface area contributed by atoms with Crippen molar-refractivity contribution in [3.8, 4) is 5.69 Å². The van der Waals surface area contributed by atoms with Crippen LogP contribution in [0.15, 0.2) is 48.7 Å². The summed E-state index contributed by atoms with van der Waals surface area (Å²) in [4.78, 5) is 17.5. The van der Waals surface area contributed by atoms with E-state index in [4.69, 9.17) is 4.74 Å². The van der Waals surface area contributed by atoms with Gasteiger partial charge in [0.05, 0.1) is 11.3 Å². The maximum atomic E-state index is 13.7. The molecular weight excluding hydrogens is 416 g/mol. The molecule has 0 amide bonds. The van der Waals surface area contributed by atoms with Gasteiger partial charge in [0.2, 0.25) is 5.95 Å². The molecule has 0 saturated carbocycles. The van der Waals surface area contributed by atoms with Gasteiger partial charge in [0.25, 0.3) is 0 Å². The molecule has 0 fully saturated rings. The smallest absolute Gasteiger partial charge is 0.435 e. The number of alkyl halides is 3. The normalized spacial score (nSPS) is 14.8. The van der Waals surface area contributed by atoms with Crippen LogP contribution in [0.3, 0.4) is 0 Å². The molecule has 1 aliphatic rings. The van der Waals surface area contributed by atoms with Crippen LogP contribution in [0.2, 0.25) is 0 Å². The molecule has 1 atom stereocenters. The van der Waals surface area contributed by atoms with Crippen LogP contribution in [0, 0.1) is 5.95 Å². The number of halogens is 4. The number of carbonyl (C=O) groups is 1. The minimum atomic E-state index is -4.69. The standard InChI is InChI=1S/C21H18F4N4O2/c1-13(31-20(30)14-6-3-2-4-7-14)28-11-5-8-16-18(21(23,24)25)27-29(19(16)28)15-9-10-26-17(22)12-15/h2-4,6-7,9-10,12-13H,5,8,11H2,1H3. The molecule has 10 heteroatoms. The number of nitrogens with zero attached hydrogens (tertiary/aromatic N) is 4. The number of aromatic nitrogens is 3. The number of fused-ring (bicyclic) bond motifs is 1. The highest BCUT2D eigenvalue weighted by Crippen LogP contribution is 2.40. The molecule has 162 valence electrons. The summed E-state index contributed by atoms with van der Waals surface area (Å²) < 4.78 is 61.3. The summed E-state index contributed by atoms with van der Waals surface area (Å²) in [6.45, 7) is 1.92. The fourth-order valence-corrected chi connectivity index (χ4v) is 3.65. The van der Waals surface area contributed by atoms with Crippen LogP contribution in [0.4, 0.5) is 23.4 Å². The zero-order chi connectivity index (χ0) is 22.2. The van der Waals surface area contributed by atoms with Gasteiger partial charge >= 0.3 is 12.1 Å². The van der Waals surface area contributed by atoms with Gasteiger partial charge in [-0.25, -0.2) is 14.5 Å². The second kappa shape index (κ2) is 8.01. The molecule has 3 heterocycles. The number of benzene rings is 1. The second-order valence-corrected chi connectivity index (χ2v) is 7.06. The highest BCUT2D eigenvalue weighted by molar-refractivity contribution is 5.89. The number of ether oxygens (including phenoxy) is 1. The Labute approximate surface area is 175 Å². The van der Waals surface area contributed by atoms with E-state index in [0.29, 0.717) is 18.5 Å². The zero-order valence-corrected chi connectivity index (χ0v) is 16.4. The molecule has 0 N–H and O–H groups in total. The largest absolute Gasteiger partial charge is 0.438 e. The molecule has 2 aromatic heterocycles. The van der Waals surface area contributed by atoms with Crippen molar-refractivity contribution < 1.29 is 27.1 Å². The number of esters is 1. The molecule has 1 unspecified atom stereocenters. The van der Waals surface area contributed by atoms with E-state index in [1.807, 2.05) is 0 Å². The van der Waals surface area contributed by atoms with Crippen LogP contribution >= 0.6 is 0 Å². The molecule has 6 nitrogen and oxygen atoms in total. The van der Waals surface area contributed by atoms with Gasteiger partial charge in [0.1, 0.15) is 5.82 Å². The Bertz CT molecular complexity index is 1100. The summed E-state index contributed by atoms with van der Waals surface area (Å²) in [6.07, 6.45) is -3.85. The Hall–Kier alpha value is -3.43. The average molecular weight is 434 g/mol. The predicted octanol–water partition coefficient (Wildman–Crippen LogP) is 4.38. The molecule has 0 radical (unpaired) electrons. The van der Waals surface area contributed by atoms with Gasteiger partial charge in [-0.05, 0) is 38.0 Å². The molecule has 0 spiro atoms. The Kier molecular flexibility index (Phi) is 5.38. The second-order valence-electron chi connectivity index (χ2n) is 7.06. The fraction of sp³-hybridized carbons (Fsp3) is 0.286. The van der Waals surface area contributed by atoms with Crippen LogP contribution in [-0.4, -0.2) is 33.5 Å². The average Bonchev–Trinajstić information content (AvgIpc) is 3.14. The first-order valence-corrected chi connectivity index (χ1v) is 9.59. The molecule has 4 rings (SSSR count). The van der Waals surface area contributed by atoms with Crippen molar-refractivity contribution in [2.75, 3.05) is 11.4 Å². The third-order valence-corrected chi connectivity index (χ3v) is 5.00. The lowest BCUT2D eigenvalue weighted by atomic mass is 10.0. The van der Waals surface area contributed by atoms with Gasteiger partial charge in [0, 0.05) is 24.4 Å². The lowest BCUT2D eigenvalue weighted by Crippen LogP contribution is -2.41. The molecule has 3 aromatic rings. The summed E-state index contributed by atoms with van der Waals surface area (Å²) in [6, 6.07) is 10.7. The lowest BCUT2D eigenvalue weighted by Gasteiger charge is -2.34. The van der Waals surface area contributed by atoms with E-state index in [-0.39, 0.29) is 23.5 Å². The van der Waals surface area contributed by atoms with Gasteiger partial charge < -0.3 is 9.64 Å². The highest BCUT2D eigenvalue weighted by Gasteiger charge is 2.42. The fourth-order valence-electron chi connectivity index (χ4n) is 3.65. The first-order valence-electron chi connectivity index (χ1n) is 9.59. The Morgan fingerprint density at radius 1 is 1.19 bits per heavy atom. The maximum absolute atomic E-state index is 13.7. The Morgan fingerprint density at radius 2 is 1.94 bits per heavy atom. The van der Waals surface area contributed by atoms with Crippen molar-refractivity contribution in [1.82, 2.24) is 14.8 Å². The van der Waals surface area contributed by atoms with E-state index < -0.39 is 30.0 Å². The van der Waals surface area contributed by atoms with Crippen LogP contribution in [0.1, 0.15) is 35.0 Å². The number of anilines is 1. The van der Waals surface area contributed by atoms with Crippen molar-refractivity contribution in [1.29, 1.82) is 0 Å². The number of hydrogen-bond acceptors (Lipinski definition) is 5. The summed E-state index contributed by atoms with van der Waals surface area (Å²) in [5, 5.41) is 3.76. The highest BCUT2D eigenvalue weighted by atomic mass is 19.4.